The second-order valence-corrected chi connectivity index (χ2v) is 4.94. The second kappa shape index (κ2) is 10.2. The highest BCUT2D eigenvalue weighted by molar-refractivity contribution is 5.92. The van der Waals surface area contributed by atoms with Gasteiger partial charge in [-0.25, -0.2) is 0 Å². The number of carbonyl (C=O) groups excluding carboxylic acids is 1. The number of hydrogen-bond acceptors (Lipinski definition) is 4. The van der Waals surface area contributed by atoms with Gasteiger partial charge < -0.3 is 20.1 Å². The van der Waals surface area contributed by atoms with Crippen molar-refractivity contribution in [1.29, 1.82) is 0 Å². The summed E-state index contributed by atoms with van der Waals surface area (Å²) in [6.45, 7) is 5.85. The second-order valence-electron chi connectivity index (χ2n) is 4.94. The summed E-state index contributed by atoms with van der Waals surface area (Å²) in [5, 5.41) is 5.92. The molecule has 1 amide bonds. The molecular formula is C16H26N2O3. The third kappa shape index (κ3) is 7.68. The quantitative estimate of drug-likeness (QED) is 0.651. The molecule has 0 saturated heterocycles. The van der Waals surface area contributed by atoms with Gasteiger partial charge in [-0.15, -0.1) is 0 Å². The third-order valence-corrected chi connectivity index (χ3v) is 3.02. The fourth-order valence-corrected chi connectivity index (χ4v) is 1.71. The predicted molar refractivity (Wildman–Crippen MR) is 84.8 cm³/mol. The summed E-state index contributed by atoms with van der Waals surface area (Å²) in [4.78, 5) is 11.8. The number of carbonyl (C=O) groups is 1. The fourth-order valence-electron chi connectivity index (χ4n) is 1.71. The molecule has 5 nitrogen and oxygen atoms in total. The number of anilines is 1. The standard InChI is InChI=1S/C16H26N2O3/c1-4-13(2)21-15-8-5-7-14(11-15)18-16(19)12-17-9-6-10-20-3/h5,7-8,11,13,17H,4,6,9-10,12H2,1-3H3,(H,18,19). The molecule has 0 aromatic heterocycles. The lowest BCUT2D eigenvalue weighted by Crippen LogP contribution is -2.29. The Morgan fingerprint density at radius 3 is 2.90 bits per heavy atom. The number of methoxy groups -OCH3 is 1. The Morgan fingerprint density at radius 2 is 2.19 bits per heavy atom. The summed E-state index contributed by atoms with van der Waals surface area (Å²) in [6.07, 6.45) is 2.00. The summed E-state index contributed by atoms with van der Waals surface area (Å²) >= 11 is 0. The van der Waals surface area contributed by atoms with Gasteiger partial charge in [-0.3, -0.25) is 4.79 Å². The largest absolute Gasteiger partial charge is 0.491 e. The summed E-state index contributed by atoms with van der Waals surface area (Å²) in [5.41, 5.74) is 0.750. The molecule has 1 atom stereocenters. The van der Waals surface area contributed by atoms with Crippen LogP contribution in [0.5, 0.6) is 5.75 Å². The molecule has 0 radical (unpaired) electrons. The third-order valence-electron chi connectivity index (χ3n) is 3.02. The Labute approximate surface area is 127 Å². The average Bonchev–Trinajstić information content (AvgIpc) is 2.47. The zero-order valence-electron chi connectivity index (χ0n) is 13.1. The first kappa shape index (κ1) is 17.5. The van der Waals surface area contributed by atoms with Gasteiger partial charge in [0.15, 0.2) is 0 Å². The van der Waals surface area contributed by atoms with E-state index in [1.54, 1.807) is 7.11 Å². The minimum atomic E-state index is -0.0619. The molecule has 0 bridgehead atoms. The van der Waals surface area contributed by atoms with Crippen LogP contribution >= 0.6 is 0 Å². The van der Waals surface area contributed by atoms with Gasteiger partial charge in [0, 0.05) is 25.5 Å². The topological polar surface area (TPSA) is 59.6 Å². The number of amides is 1. The van der Waals surface area contributed by atoms with Crippen LogP contribution in [-0.4, -0.2) is 38.8 Å². The van der Waals surface area contributed by atoms with E-state index in [1.807, 2.05) is 31.2 Å². The van der Waals surface area contributed by atoms with Crippen molar-refractivity contribution in [1.82, 2.24) is 5.32 Å². The van der Waals surface area contributed by atoms with Crippen molar-refractivity contribution in [2.45, 2.75) is 32.8 Å². The molecule has 118 valence electrons. The van der Waals surface area contributed by atoms with Crippen LogP contribution in [0.3, 0.4) is 0 Å². The molecule has 1 rings (SSSR count). The summed E-state index contributed by atoms with van der Waals surface area (Å²) in [5.74, 6) is 0.711. The van der Waals surface area contributed by atoms with E-state index in [1.165, 1.54) is 0 Å². The van der Waals surface area contributed by atoms with Crippen molar-refractivity contribution in [2.24, 2.45) is 0 Å². The molecule has 0 spiro atoms. The molecule has 0 aliphatic heterocycles. The van der Waals surface area contributed by atoms with Crippen LogP contribution in [0.15, 0.2) is 24.3 Å². The Kier molecular flexibility index (Phi) is 8.47. The SMILES string of the molecule is CCC(C)Oc1cccc(NC(=O)CNCCCOC)c1. The van der Waals surface area contributed by atoms with Crippen LogP contribution in [0.4, 0.5) is 5.69 Å². The Bertz CT molecular complexity index is 424. The highest BCUT2D eigenvalue weighted by Gasteiger charge is 2.05. The molecule has 21 heavy (non-hydrogen) atoms. The Hall–Kier alpha value is -1.59. The Balaban J connectivity index is 2.36. The van der Waals surface area contributed by atoms with E-state index in [-0.39, 0.29) is 12.0 Å². The monoisotopic (exact) mass is 294 g/mol. The van der Waals surface area contributed by atoms with Crippen LogP contribution < -0.4 is 15.4 Å². The summed E-state index contributed by atoms with van der Waals surface area (Å²) < 4.78 is 10.7. The first-order valence-electron chi connectivity index (χ1n) is 7.42. The minimum absolute atomic E-state index is 0.0619. The molecule has 0 heterocycles. The number of nitrogens with one attached hydrogen (secondary N) is 2. The van der Waals surface area contributed by atoms with Crippen molar-refractivity contribution in [3.63, 3.8) is 0 Å². The average molecular weight is 294 g/mol. The summed E-state index contributed by atoms with van der Waals surface area (Å²) in [6, 6.07) is 7.46. The van der Waals surface area contributed by atoms with Crippen molar-refractivity contribution in [3.05, 3.63) is 24.3 Å². The maximum Gasteiger partial charge on any atom is 0.238 e. The molecular weight excluding hydrogens is 268 g/mol. The van der Waals surface area contributed by atoms with Crippen LogP contribution in [0.2, 0.25) is 0 Å². The number of benzene rings is 1. The number of hydrogen-bond donors (Lipinski definition) is 2. The van der Waals surface area contributed by atoms with Gasteiger partial charge in [-0.05, 0) is 38.4 Å². The van der Waals surface area contributed by atoms with Gasteiger partial charge in [0.1, 0.15) is 5.75 Å². The van der Waals surface area contributed by atoms with Crippen molar-refractivity contribution >= 4 is 11.6 Å². The molecule has 5 heteroatoms. The van der Waals surface area contributed by atoms with Gasteiger partial charge >= 0.3 is 0 Å². The first-order chi connectivity index (χ1) is 10.2. The van der Waals surface area contributed by atoms with E-state index in [0.717, 1.165) is 30.8 Å². The van der Waals surface area contributed by atoms with E-state index in [0.29, 0.717) is 13.2 Å². The normalized spacial score (nSPS) is 12.0. The van der Waals surface area contributed by atoms with E-state index in [4.69, 9.17) is 9.47 Å². The van der Waals surface area contributed by atoms with E-state index >= 15 is 0 Å². The summed E-state index contributed by atoms with van der Waals surface area (Å²) in [7, 11) is 1.67. The molecule has 1 aromatic rings. The van der Waals surface area contributed by atoms with Gasteiger partial charge in [-0.2, -0.15) is 0 Å². The zero-order valence-corrected chi connectivity index (χ0v) is 13.1. The number of rotatable bonds is 10. The van der Waals surface area contributed by atoms with Crippen LogP contribution in [0.25, 0.3) is 0 Å². The lowest BCUT2D eigenvalue weighted by molar-refractivity contribution is -0.115. The van der Waals surface area contributed by atoms with Crippen molar-refractivity contribution < 1.29 is 14.3 Å². The fraction of sp³-hybridized carbons (Fsp3) is 0.562. The highest BCUT2D eigenvalue weighted by Crippen LogP contribution is 2.19. The van der Waals surface area contributed by atoms with Crippen LogP contribution in [-0.2, 0) is 9.53 Å². The van der Waals surface area contributed by atoms with Gasteiger partial charge in [0.2, 0.25) is 5.91 Å². The van der Waals surface area contributed by atoms with E-state index < -0.39 is 0 Å². The van der Waals surface area contributed by atoms with Gasteiger partial charge in [0.25, 0.3) is 0 Å². The smallest absolute Gasteiger partial charge is 0.238 e. The number of ether oxygens (including phenoxy) is 2. The molecule has 0 aliphatic rings. The van der Waals surface area contributed by atoms with Gasteiger partial charge in [-0.1, -0.05) is 13.0 Å². The molecule has 1 aromatic carbocycles. The van der Waals surface area contributed by atoms with Gasteiger partial charge in [0.05, 0.1) is 12.6 Å². The molecule has 1 unspecified atom stereocenters. The van der Waals surface area contributed by atoms with Crippen LogP contribution in [0.1, 0.15) is 26.7 Å². The zero-order chi connectivity index (χ0) is 15.5. The minimum Gasteiger partial charge on any atom is -0.491 e. The van der Waals surface area contributed by atoms with Crippen molar-refractivity contribution in [2.75, 3.05) is 32.1 Å². The molecule has 0 aliphatic carbocycles. The predicted octanol–water partition coefficient (Wildman–Crippen LogP) is 2.43. The van der Waals surface area contributed by atoms with E-state index in [2.05, 4.69) is 17.6 Å². The highest BCUT2D eigenvalue weighted by atomic mass is 16.5. The first-order valence-corrected chi connectivity index (χ1v) is 7.42. The maximum atomic E-state index is 11.8. The molecule has 2 N–H and O–H groups in total. The maximum absolute atomic E-state index is 11.8. The Morgan fingerprint density at radius 1 is 1.38 bits per heavy atom. The van der Waals surface area contributed by atoms with E-state index in [9.17, 15) is 4.79 Å². The van der Waals surface area contributed by atoms with Crippen molar-refractivity contribution in [3.8, 4) is 5.75 Å². The lowest BCUT2D eigenvalue weighted by atomic mass is 10.2. The molecule has 0 saturated carbocycles. The molecule has 0 fully saturated rings. The lowest BCUT2D eigenvalue weighted by Gasteiger charge is -2.13. The van der Waals surface area contributed by atoms with Crippen LogP contribution in [0, 0.1) is 0 Å².